The quantitative estimate of drug-likeness (QED) is 0.302. The third-order valence-corrected chi connectivity index (χ3v) is 4.42. The van der Waals surface area contributed by atoms with Gasteiger partial charge < -0.3 is 24.6 Å². The van der Waals surface area contributed by atoms with Crippen LogP contribution in [0.15, 0.2) is 64.1 Å². The van der Waals surface area contributed by atoms with E-state index in [0.29, 0.717) is 19.3 Å². The number of nitrogens with one attached hydrogen (secondary N) is 2. The number of aliphatic imine (C=N–C) groups is 1. The number of benzene rings is 2. The molecule has 1 aromatic heterocycles. The summed E-state index contributed by atoms with van der Waals surface area (Å²) in [7, 11) is 1.74. The van der Waals surface area contributed by atoms with Crippen LogP contribution in [-0.4, -0.2) is 31.5 Å². The van der Waals surface area contributed by atoms with Gasteiger partial charge in [0.2, 0.25) is 6.79 Å². The molecule has 8 heteroatoms. The Balaban J connectivity index is 0.00000240. The topological polar surface area (TPSA) is 80.9 Å². The summed E-state index contributed by atoms with van der Waals surface area (Å²) in [5.74, 6) is 3.07. The highest BCUT2D eigenvalue weighted by Gasteiger charge is 2.13. The molecule has 0 saturated carbocycles. The first-order valence-electron chi connectivity index (χ1n) is 9.16. The van der Waals surface area contributed by atoms with Crippen molar-refractivity contribution in [1.82, 2.24) is 15.8 Å². The van der Waals surface area contributed by atoms with Gasteiger partial charge in [-0.05, 0) is 24.1 Å². The second kappa shape index (κ2) is 10.1. The van der Waals surface area contributed by atoms with Crippen molar-refractivity contribution in [2.24, 2.45) is 4.99 Å². The summed E-state index contributed by atoms with van der Waals surface area (Å²) in [5.41, 5.74) is 3.00. The number of ether oxygens (including phenoxy) is 2. The van der Waals surface area contributed by atoms with Crippen LogP contribution in [0.25, 0.3) is 11.3 Å². The van der Waals surface area contributed by atoms with Gasteiger partial charge in [-0.25, -0.2) is 0 Å². The Kier molecular flexibility index (Phi) is 7.34. The van der Waals surface area contributed by atoms with Crippen LogP contribution in [0.4, 0.5) is 0 Å². The van der Waals surface area contributed by atoms with E-state index < -0.39 is 0 Å². The lowest BCUT2D eigenvalue weighted by Gasteiger charge is -2.11. The normalized spacial score (nSPS) is 12.4. The molecule has 29 heavy (non-hydrogen) atoms. The van der Waals surface area contributed by atoms with Gasteiger partial charge in [-0.15, -0.1) is 24.0 Å². The first-order valence-corrected chi connectivity index (χ1v) is 9.16. The lowest BCUT2D eigenvalue weighted by molar-refractivity contribution is 0.174. The molecule has 0 aliphatic carbocycles. The molecular weight excluding hydrogens is 483 g/mol. The van der Waals surface area contributed by atoms with Gasteiger partial charge in [0.1, 0.15) is 5.69 Å². The van der Waals surface area contributed by atoms with Crippen LogP contribution in [-0.2, 0) is 13.0 Å². The zero-order chi connectivity index (χ0) is 19.2. The van der Waals surface area contributed by atoms with Gasteiger partial charge in [-0.3, -0.25) is 4.99 Å². The second-order valence-corrected chi connectivity index (χ2v) is 6.34. The molecular formula is C21H23IN4O3. The van der Waals surface area contributed by atoms with Gasteiger partial charge in [0, 0.05) is 25.2 Å². The van der Waals surface area contributed by atoms with E-state index in [2.05, 4.69) is 20.8 Å². The lowest BCUT2D eigenvalue weighted by Crippen LogP contribution is -2.37. The molecule has 0 bridgehead atoms. The fraction of sp³-hybridized carbons (Fsp3) is 0.238. The smallest absolute Gasteiger partial charge is 0.231 e. The highest BCUT2D eigenvalue weighted by Crippen LogP contribution is 2.32. The average Bonchev–Trinajstić information content (AvgIpc) is 3.40. The molecule has 1 aliphatic rings. The van der Waals surface area contributed by atoms with E-state index >= 15 is 0 Å². The summed E-state index contributed by atoms with van der Waals surface area (Å²) < 4.78 is 16.2. The van der Waals surface area contributed by atoms with Crippen LogP contribution in [0.2, 0.25) is 0 Å². The molecule has 0 saturated heterocycles. The third kappa shape index (κ3) is 5.41. The first kappa shape index (κ1) is 21.0. The minimum Gasteiger partial charge on any atom is -0.454 e. The van der Waals surface area contributed by atoms with Crippen molar-refractivity contribution in [3.63, 3.8) is 0 Å². The van der Waals surface area contributed by atoms with Gasteiger partial charge in [0.25, 0.3) is 0 Å². The predicted octanol–water partition coefficient (Wildman–Crippen LogP) is 3.60. The largest absolute Gasteiger partial charge is 0.454 e. The van der Waals surface area contributed by atoms with E-state index in [4.69, 9.17) is 14.0 Å². The average molecular weight is 506 g/mol. The molecule has 2 N–H and O–H groups in total. The Morgan fingerprint density at radius 3 is 2.69 bits per heavy atom. The minimum atomic E-state index is 0. The van der Waals surface area contributed by atoms with E-state index in [1.54, 1.807) is 7.05 Å². The van der Waals surface area contributed by atoms with Gasteiger partial charge in [-0.2, -0.15) is 0 Å². The van der Waals surface area contributed by atoms with Gasteiger partial charge in [-0.1, -0.05) is 41.6 Å². The highest BCUT2D eigenvalue weighted by molar-refractivity contribution is 14.0. The first-order chi connectivity index (χ1) is 13.8. The lowest BCUT2D eigenvalue weighted by atomic mass is 10.1. The van der Waals surface area contributed by atoms with E-state index in [9.17, 15) is 0 Å². The Morgan fingerprint density at radius 2 is 1.86 bits per heavy atom. The molecule has 152 valence electrons. The maximum atomic E-state index is 5.42. The number of rotatable bonds is 6. The Hall–Kier alpha value is -2.75. The van der Waals surface area contributed by atoms with Crippen molar-refractivity contribution in [2.75, 3.05) is 20.4 Å². The molecule has 0 unspecified atom stereocenters. The van der Waals surface area contributed by atoms with Crippen LogP contribution in [0.3, 0.4) is 0 Å². The molecule has 1 aliphatic heterocycles. The molecule has 0 amide bonds. The van der Waals surface area contributed by atoms with Gasteiger partial charge in [0.05, 0.1) is 6.54 Å². The zero-order valence-corrected chi connectivity index (χ0v) is 18.4. The molecule has 0 spiro atoms. The van der Waals surface area contributed by atoms with E-state index in [-0.39, 0.29) is 24.0 Å². The number of hydrogen-bond donors (Lipinski definition) is 2. The number of nitrogens with zero attached hydrogens (tertiary/aromatic N) is 2. The molecule has 7 nitrogen and oxygen atoms in total. The van der Waals surface area contributed by atoms with E-state index in [1.165, 1.54) is 5.56 Å². The maximum Gasteiger partial charge on any atom is 0.231 e. The molecule has 2 heterocycles. The van der Waals surface area contributed by atoms with Crippen LogP contribution in [0, 0.1) is 0 Å². The van der Waals surface area contributed by atoms with Crippen molar-refractivity contribution >= 4 is 29.9 Å². The monoisotopic (exact) mass is 506 g/mol. The van der Waals surface area contributed by atoms with E-state index in [0.717, 1.165) is 41.5 Å². The van der Waals surface area contributed by atoms with Gasteiger partial charge in [0.15, 0.2) is 23.2 Å². The number of guanidine groups is 1. The molecule has 4 rings (SSSR count). The summed E-state index contributed by atoms with van der Waals surface area (Å²) in [6.45, 7) is 1.56. The predicted molar refractivity (Wildman–Crippen MR) is 122 cm³/mol. The summed E-state index contributed by atoms with van der Waals surface area (Å²) in [6.07, 6.45) is 0.847. The molecule has 0 atom stereocenters. The summed E-state index contributed by atoms with van der Waals surface area (Å²) >= 11 is 0. The fourth-order valence-electron chi connectivity index (χ4n) is 2.95. The van der Waals surface area contributed by atoms with E-state index in [1.807, 2.05) is 54.6 Å². The summed E-state index contributed by atoms with van der Waals surface area (Å²) in [6, 6.07) is 17.8. The highest BCUT2D eigenvalue weighted by atomic mass is 127. The van der Waals surface area contributed by atoms with Crippen LogP contribution < -0.4 is 20.1 Å². The van der Waals surface area contributed by atoms with Crippen molar-refractivity contribution in [2.45, 2.75) is 13.0 Å². The fourth-order valence-corrected chi connectivity index (χ4v) is 2.95. The number of hydrogen-bond acceptors (Lipinski definition) is 5. The second-order valence-electron chi connectivity index (χ2n) is 6.34. The zero-order valence-electron chi connectivity index (χ0n) is 16.1. The molecule has 2 aromatic carbocycles. The number of fused-ring (bicyclic) bond motifs is 1. The maximum absolute atomic E-state index is 5.42. The number of halogens is 1. The Morgan fingerprint density at radius 1 is 1.03 bits per heavy atom. The Bertz CT molecular complexity index is 960. The molecule has 3 aromatic rings. The van der Waals surface area contributed by atoms with Crippen LogP contribution in [0.1, 0.15) is 11.3 Å². The molecule has 0 fully saturated rings. The van der Waals surface area contributed by atoms with Crippen molar-refractivity contribution in [3.8, 4) is 22.8 Å². The van der Waals surface area contributed by atoms with Gasteiger partial charge >= 0.3 is 0 Å². The Labute approximate surface area is 186 Å². The van der Waals surface area contributed by atoms with Crippen LogP contribution >= 0.6 is 24.0 Å². The molecule has 0 radical (unpaired) electrons. The van der Waals surface area contributed by atoms with Crippen molar-refractivity contribution in [3.05, 3.63) is 65.9 Å². The SMILES string of the molecule is CN=C(NCCc1ccc2c(c1)OCO2)NCc1cc(-c2ccccc2)on1.I. The summed E-state index contributed by atoms with van der Waals surface area (Å²) in [4.78, 5) is 4.25. The minimum absolute atomic E-state index is 0. The summed E-state index contributed by atoms with van der Waals surface area (Å²) in [5, 5.41) is 10.7. The standard InChI is InChI=1S/C21H22N4O3.HI/c1-22-21(23-10-9-15-7-8-18-20(11-15)27-14-26-18)24-13-17-12-19(28-25-17)16-5-3-2-4-6-16;/h2-8,11-12H,9-10,13-14H2,1H3,(H2,22,23,24);1H. The third-order valence-electron chi connectivity index (χ3n) is 4.42. The van der Waals surface area contributed by atoms with Crippen molar-refractivity contribution < 1.29 is 14.0 Å². The van der Waals surface area contributed by atoms with Crippen molar-refractivity contribution in [1.29, 1.82) is 0 Å². The van der Waals surface area contributed by atoms with Crippen LogP contribution in [0.5, 0.6) is 11.5 Å². The number of aromatic nitrogens is 1.